The summed E-state index contributed by atoms with van der Waals surface area (Å²) in [6, 6.07) is 17.3. The number of carbonyl (C=O) groups is 2. The van der Waals surface area contributed by atoms with E-state index in [2.05, 4.69) is 5.32 Å². The van der Waals surface area contributed by atoms with Gasteiger partial charge < -0.3 is 10.1 Å². The molecule has 35 heavy (non-hydrogen) atoms. The maximum absolute atomic E-state index is 13.0. The number of amides is 2. The smallest absolute Gasteiger partial charge is 0.270 e. The molecule has 5 nitrogen and oxygen atoms in total. The van der Waals surface area contributed by atoms with Gasteiger partial charge in [-0.15, -0.1) is 0 Å². The standard InChI is InChI=1S/C25H17Cl3N2O3S2/c1-14-5-7-17(12-20(14)27)30-24(32)22(35-25(30)34)10-15-3-2-4-18(9-15)33-13-23(31)29-16-6-8-19(26)21(28)11-16/h2-12H,13H2,1H3,(H,29,31)/b22-10-. The van der Waals surface area contributed by atoms with Gasteiger partial charge in [0, 0.05) is 10.7 Å². The van der Waals surface area contributed by atoms with Gasteiger partial charge in [-0.2, -0.15) is 0 Å². The third-order valence-corrected chi connectivity index (χ3v) is 7.38. The fourth-order valence-corrected chi connectivity index (χ4v) is 4.95. The molecule has 1 N–H and O–H groups in total. The Morgan fingerprint density at radius 3 is 2.60 bits per heavy atom. The zero-order chi connectivity index (χ0) is 25.1. The van der Waals surface area contributed by atoms with E-state index in [-0.39, 0.29) is 18.4 Å². The van der Waals surface area contributed by atoms with Crippen LogP contribution in [0, 0.1) is 6.92 Å². The van der Waals surface area contributed by atoms with Crippen molar-refractivity contribution in [3.05, 3.63) is 91.8 Å². The molecular weight excluding hydrogens is 547 g/mol. The van der Waals surface area contributed by atoms with E-state index in [0.717, 1.165) is 11.1 Å². The first-order valence-electron chi connectivity index (χ1n) is 10.2. The summed E-state index contributed by atoms with van der Waals surface area (Å²) in [7, 11) is 0. The Hall–Kier alpha value is -2.55. The van der Waals surface area contributed by atoms with Crippen molar-refractivity contribution in [2.24, 2.45) is 0 Å². The minimum absolute atomic E-state index is 0.208. The van der Waals surface area contributed by atoms with Gasteiger partial charge in [0.2, 0.25) is 0 Å². The zero-order valence-electron chi connectivity index (χ0n) is 18.2. The van der Waals surface area contributed by atoms with Crippen LogP contribution in [0.3, 0.4) is 0 Å². The van der Waals surface area contributed by atoms with Crippen LogP contribution in [0.4, 0.5) is 11.4 Å². The molecule has 0 unspecified atom stereocenters. The lowest BCUT2D eigenvalue weighted by Crippen LogP contribution is -2.27. The highest BCUT2D eigenvalue weighted by Crippen LogP contribution is 2.37. The molecule has 1 aliphatic heterocycles. The fraction of sp³-hybridized carbons (Fsp3) is 0.0800. The fourth-order valence-electron chi connectivity index (χ4n) is 3.18. The van der Waals surface area contributed by atoms with Crippen molar-refractivity contribution in [2.45, 2.75) is 6.92 Å². The van der Waals surface area contributed by atoms with Crippen LogP contribution in [-0.4, -0.2) is 22.7 Å². The Kier molecular flexibility index (Phi) is 8.04. The van der Waals surface area contributed by atoms with E-state index >= 15 is 0 Å². The molecule has 0 aromatic heterocycles. The predicted octanol–water partition coefficient (Wildman–Crippen LogP) is 7.38. The van der Waals surface area contributed by atoms with Crippen molar-refractivity contribution in [1.82, 2.24) is 0 Å². The number of benzene rings is 3. The van der Waals surface area contributed by atoms with E-state index in [9.17, 15) is 9.59 Å². The maximum Gasteiger partial charge on any atom is 0.270 e. The Balaban J connectivity index is 1.43. The number of rotatable bonds is 6. The van der Waals surface area contributed by atoms with E-state index in [1.807, 2.05) is 25.1 Å². The van der Waals surface area contributed by atoms with Crippen molar-refractivity contribution < 1.29 is 14.3 Å². The van der Waals surface area contributed by atoms with E-state index in [4.69, 9.17) is 51.8 Å². The Morgan fingerprint density at radius 1 is 1.06 bits per heavy atom. The Morgan fingerprint density at radius 2 is 1.86 bits per heavy atom. The monoisotopic (exact) mass is 562 g/mol. The molecule has 0 aliphatic carbocycles. The number of nitrogens with zero attached hydrogens (tertiary/aromatic N) is 1. The molecule has 2 amide bonds. The van der Waals surface area contributed by atoms with Gasteiger partial charge in [-0.3, -0.25) is 14.5 Å². The number of thiocarbonyl (C=S) groups is 1. The van der Waals surface area contributed by atoms with Gasteiger partial charge in [0.25, 0.3) is 11.8 Å². The molecule has 4 rings (SSSR count). The van der Waals surface area contributed by atoms with Crippen LogP contribution in [0.5, 0.6) is 5.75 Å². The first-order valence-corrected chi connectivity index (χ1v) is 12.6. The molecule has 3 aromatic rings. The SMILES string of the molecule is Cc1ccc(N2C(=O)/C(=C/c3cccc(OCC(=O)Nc4ccc(Cl)c(Cl)c4)c3)SC2=S)cc1Cl. The minimum atomic E-state index is -0.355. The predicted molar refractivity (Wildman–Crippen MR) is 149 cm³/mol. The van der Waals surface area contributed by atoms with Crippen LogP contribution in [0.15, 0.2) is 65.6 Å². The van der Waals surface area contributed by atoms with Gasteiger partial charge >= 0.3 is 0 Å². The van der Waals surface area contributed by atoms with Crippen LogP contribution in [0.25, 0.3) is 6.08 Å². The lowest BCUT2D eigenvalue weighted by molar-refractivity contribution is -0.118. The molecule has 178 valence electrons. The Bertz CT molecular complexity index is 1380. The summed E-state index contributed by atoms with van der Waals surface area (Å²) in [6.07, 6.45) is 1.73. The van der Waals surface area contributed by atoms with E-state index in [0.29, 0.717) is 41.4 Å². The molecule has 10 heteroatoms. The van der Waals surface area contributed by atoms with Crippen molar-refractivity contribution in [3.63, 3.8) is 0 Å². The first kappa shape index (κ1) is 25.5. The average Bonchev–Trinajstić information content (AvgIpc) is 3.09. The largest absolute Gasteiger partial charge is 0.484 e. The van der Waals surface area contributed by atoms with Crippen molar-refractivity contribution in [2.75, 3.05) is 16.8 Å². The number of nitrogens with one attached hydrogen (secondary N) is 1. The van der Waals surface area contributed by atoms with Gasteiger partial charge in [-0.05, 0) is 66.6 Å². The average molecular weight is 564 g/mol. The Labute approximate surface area is 227 Å². The van der Waals surface area contributed by atoms with Crippen LogP contribution in [0.2, 0.25) is 15.1 Å². The molecule has 1 saturated heterocycles. The number of ether oxygens (including phenoxy) is 1. The van der Waals surface area contributed by atoms with Gasteiger partial charge in [0.1, 0.15) is 5.75 Å². The summed E-state index contributed by atoms with van der Waals surface area (Å²) in [5.74, 6) is -0.109. The highest BCUT2D eigenvalue weighted by Gasteiger charge is 2.33. The second-order valence-corrected chi connectivity index (χ2v) is 10.4. The maximum atomic E-state index is 13.0. The topological polar surface area (TPSA) is 58.6 Å². The number of hydrogen-bond donors (Lipinski definition) is 1. The number of carbonyl (C=O) groups excluding carboxylic acids is 2. The molecule has 0 radical (unpaired) electrons. The van der Waals surface area contributed by atoms with Crippen molar-refractivity contribution in [1.29, 1.82) is 0 Å². The highest BCUT2D eigenvalue weighted by molar-refractivity contribution is 8.27. The summed E-state index contributed by atoms with van der Waals surface area (Å²) in [4.78, 5) is 27.2. The number of aryl methyl sites for hydroxylation is 1. The van der Waals surface area contributed by atoms with E-state index in [1.54, 1.807) is 48.5 Å². The molecule has 0 atom stereocenters. The lowest BCUT2D eigenvalue weighted by Gasteiger charge is -2.15. The molecule has 0 spiro atoms. The van der Waals surface area contributed by atoms with Gasteiger partial charge in [0.15, 0.2) is 10.9 Å². The quantitative estimate of drug-likeness (QED) is 0.250. The normalized spacial score (nSPS) is 14.5. The van der Waals surface area contributed by atoms with Crippen LogP contribution in [-0.2, 0) is 9.59 Å². The highest BCUT2D eigenvalue weighted by atomic mass is 35.5. The molecule has 0 saturated carbocycles. The number of halogens is 3. The van der Waals surface area contributed by atoms with Crippen LogP contribution in [0.1, 0.15) is 11.1 Å². The van der Waals surface area contributed by atoms with Crippen LogP contribution >= 0.6 is 58.8 Å². The summed E-state index contributed by atoms with van der Waals surface area (Å²) >= 11 is 24.7. The summed E-state index contributed by atoms with van der Waals surface area (Å²) < 4.78 is 6.04. The molecule has 1 fully saturated rings. The molecule has 0 bridgehead atoms. The van der Waals surface area contributed by atoms with Crippen LogP contribution < -0.4 is 15.0 Å². The van der Waals surface area contributed by atoms with E-state index in [1.165, 1.54) is 16.7 Å². The number of anilines is 2. The lowest BCUT2D eigenvalue weighted by atomic mass is 10.2. The summed E-state index contributed by atoms with van der Waals surface area (Å²) in [6.45, 7) is 1.68. The second-order valence-electron chi connectivity index (χ2n) is 7.49. The van der Waals surface area contributed by atoms with Gasteiger partial charge in [0.05, 0.1) is 20.6 Å². The first-order chi connectivity index (χ1) is 16.7. The van der Waals surface area contributed by atoms with E-state index < -0.39 is 0 Å². The molecule has 3 aromatic carbocycles. The number of hydrogen-bond acceptors (Lipinski definition) is 5. The number of thioether (sulfide) groups is 1. The molecule has 1 aliphatic rings. The molecule has 1 heterocycles. The summed E-state index contributed by atoms with van der Waals surface area (Å²) in [5, 5.41) is 4.00. The third kappa shape index (κ3) is 6.18. The molecular formula is C25H17Cl3N2O3S2. The van der Waals surface area contributed by atoms with Gasteiger partial charge in [-0.1, -0.05) is 77.0 Å². The van der Waals surface area contributed by atoms with Crippen molar-refractivity contribution >= 4 is 92.4 Å². The zero-order valence-corrected chi connectivity index (χ0v) is 22.1. The summed E-state index contributed by atoms with van der Waals surface area (Å²) in [5.41, 5.74) is 2.78. The second kappa shape index (κ2) is 11.0. The van der Waals surface area contributed by atoms with Gasteiger partial charge in [-0.25, -0.2) is 0 Å². The van der Waals surface area contributed by atoms with Crippen molar-refractivity contribution in [3.8, 4) is 5.75 Å². The third-order valence-electron chi connectivity index (χ3n) is 4.94. The minimum Gasteiger partial charge on any atom is -0.484 e.